The molecule has 0 aliphatic carbocycles. The summed E-state index contributed by atoms with van der Waals surface area (Å²) in [5.74, 6) is -0.970. The van der Waals surface area contributed by atoms with Crippen LogP contribution in [0.3, 0.4) is 0 Å². The highest BCUT2D eigenvalue weighted by molar-refractivity contribution is 6.39. The third-order valence-corrected chi connectivity index (χ3v) is 1.90. The molecule has 0 saturated carbocycles. The van der Waals surface area contributed by atoms with Crippen molar-refractivity contribution in [3.8, 4) is 5.88 Å². The van der Waals surface area contributed by atoms with Crippen LogP contribution >= 0.6 is 0 Å². The predicted octanol–water partition coefficient (Wildman–Crippen LogP) is 0.943. The summed E-state index contributed by atoms with van der Waals surface area (Å²) >= 11 is 0. The molecule has 0 bridgehead atoms. The molecule has 1 rings (SSSR count). The number of amides is 2. The minimum Gasteiger partial charge on any atom is -0.481 e. The maximum atomic E-state index is 11.6. The van der Waals surface area contributed by atoms with Gasteiger partial charge in [0.25, 0.3) is 0 Å². The van der Waals surface area contributed by atoms with Crippen LogP contribution in [-0.4, -0.2) is 29.4 Å². The average Bonchev–Trinajstić information content (AvgIpc) is 2.27. The smallest absolute Gasteiger partial charge is 0.313 e. The number of carbonyl (C=O) groups excluding carboxylic acids is 2. The number of rotatable bonds is 2. The van der Waals surface area contributed by atoms with E-state index in [9.17, 15) is 9.59 Å². The third-order valence-electron chi connectivity index (χ3n) is 1.90. The molecule has 2 amide bonds. The van der Waals surface area contributed by atoms with Crippen LogP contribution in [0.25, 0.3) is 0 Å². The molecule has 6 heteroatoms. The van der Waals surface area contributed by atoms with Gasteiger partial charge in [0.05, 0.1) is 19.0 Å². The van der Waals surface area contributed by atoms with Gasteiger partial charge in [-0.2, -0.15) is 0 Å². The fraction of sp³-hybridized carbons (Fsp3) is 0.417. The van der Waals surface area contributed by atoms with E-state index in [-0.39, 0.29) is 0 Å². The minimum absolute atomic E-state index is 0.435. The lowest BCUT2D eigenvalue weighted by Gasteiger charge is -2.19. The quantitative estimate of drug-likeness (QED) is 0.767. The zero-order valence-corrected chi connectivity index (χ0v) is 10.9. The van der Waals surface area contributed by atoms with Gasteiger partial charge in [-0.25, -0.2) is 4.98 Å². The molecule has 0 aliphatic heterocycles. The molecule has 98 valence electrons. The van der Waals surface area contributed by atoms with Crippen LogP contribution in [0.2, 0.25) is 0 Å². The summed E-state index contributed by atoms with van der Waals surface area (Å²) in [5.41, 5.74) is -0.0167. The fourth-order valence-electron chi connectivity index (χ4n) is 1.16. The van der Waals surface area contributed by atoms with E-state index in [2.05, 4.69) is 15.6 Å². The van der Waals surface area contributed by atoms with E-state index < -0.39 is 17.4 Å². The molecule has 0 aliphatic rings. The maximum Gasteiger partial charge on any atom is 0.313 e. The van der Waals surface area contributed by atoms with E-state index in [0.29, 0.717) is 11.6 Å². The van der Waals surface area contributed by atoms with Gasteiger partial charge in [0, 0.05) is 11.6 Å². The van der Waals surface area contributed by atoms with Crippen LogP contribution in [0.5, 0.6) is 5.88 Å². The Kier molecular flexibility index (Phi) is 4.25. The van der Waals surface area contributed by atoms with Gasteiger partial charge in [0.15, 0.2) is 0 Å². The van der Waals surface area contributed by atoms with E-state index in [1.807, 2.05) is 0 Å². The molecule has 0 spiro atoms. The molecule has 0 radical (unpaired) electrons. The molecule has 18 heavy (non-hydrogen) atoms. The van der Waals surface area contributed by atoms with Crippen LogP contribution in [-0.2, 0) is 9.59 Å². The highest BCUT2D eigenvalue weighted by atomic mass is 16.5. The number of pyridine rings is 1. The van der Waals surface area contributed by atoms with Gasteiger partial charge in [-0.3, -0.25) is 9.59 Å². The number of nitrogens with zero attached hydrogens (tertiary/aromatic N) is 1. The van der Waals surface area contributed by atoms with Crippen molar-refractivity contribution in [1.82, 2.24) is 10.3 Å². The molecule has 6 nitrogen and oxygen atoms in total. The van der Waals surface area contributed by atoms with E-state index in [4.69, 9.17) is 4.74 Å². The Labute approximate surface area is 106 Å². The SMILES string of the molecule is COc1ccc(NC(=O)C(=O)NC(C)(C)C)cn1. The second kappa shape index (κ2) is 5.48. The lowest BCUT2D eigenvalue weighted by Crippen LogP contribution is -2.46. The Morgan fingerprint density at radius 1 is 1.22 bits per heavy atom. The largest absolute Gasteiger partial charge is 0.481 e. The average molecular weight is 251 g/mol. The first kappa shape index (κ1) is 14.0. The Morgan fingerprint density at radius 3 is 2.33 bits per heavy atom. The Morgan fingerprint density at radius 2 is 1.89 bits per heavy atom. The number of ether oxygens (including phenoxy) is 1. The topological polar surface area (TPSA) is 80.3 Å². The third kappa shape index (κ3) is 4.40. The fourth-order valence-corrected chi connectivity index (χ4v) is 1.16. The monoisotopic (exact) mass is 251 g/mol. The lowest BCUT2D eigenvalue weighted by atomic mass is 10.1. The number of hydrogen-bond donors (Lipinski definition) is 2. The van der Waals surface area contributed by atoms with Crippen molar-refractivity contribution in [3.63, 3.8) is 0 Å². The Bertz CT molecular complexity index is 435. The molecule has 1 aromatic heterocycles. The van der Waals surface area contributed by atoms with Gasteiger partial charge < -0.3 is 15.4 Å². The van der Waals surface area contributed by atoms with E-state index in [1.54, 1.807) is 32.9 Å². The molecule has 0 saturated heterocycles. The normalized spacial score (nSPS) is 10.7. The first-order valence-electron chi connectivity index (χ1n) is 5.45. The lowest BCUT2D eigenvalue weighted by molar-refractivity contribution is -0.137. The summed E-state index contributed by atoms with van der Waals surface area (Å²) in [4.78, 5) is 27.0. The van der Waals surface area contributed by atoms with E-state index in [1.165, 1.54) is 13.3 Å². The second-order valence-corrected chi connectivity index (χ2v) is 4.75. The summed E-state index contributed by atoms with van der Waals surface area (Å²) in [5, 5.41) is 5.01. The molecule has 1 aromatic rings. The van der Waals surface area contributed by atoms with Crippen LogP contribution in [0.4, 0.5) is 5.69 Å². The van der Waals surface area contributed by atoms with Crippen molar-refractivity contribution >= 4 is 17.5 Å². The van der Waals surface area contributed by atoms with Gasteiger partial charge >= 0.3 is 11.8 Å². The van der Waals surface area contributed by atoms with Crippen LogP contribution in [0, 0.1) is 0 Å². The van der Waals surface area contributed by atoms with Crippen molar-refractivity contribution in [1.29, 1.82) is 0 Å². The second-order valence-electron chi connectivity index (χ2n) is 4.75. The molecule has 2 N–H and O–H groups in total. The molecule has 0 aromatic carbocycles. The first-order valence-corrected chi connectivity index (χ1v) is 5.45. The summed E-state index contributed by atoms with van der Waals surface area (Å²) in [7, 11) is 1.50. The Balaban J connectivity index is 2.61. The van der Waals surface area contributed by atoms with Crippen molar-refractivity contribution in [2.45, 2.75) is 26.3 Å². The molecule has 0 unspecified atom stereocenters. The van der Waals surface area contributed by atoms with E-state index in [0.717, 1.165) is 0 Å². The maximum absolute atomic E-state index is 11.6. The molecule has 0 atom stereocenters. The highest BCUT2D eigenvalue weighted by Crippen LogP contribution is 2.10. The van der Waals surface area contributed by atoms with Gasteiger partial charge in [-0.15, -0.1) is 0 Å². The highest BCUT2D eigenvalue weighted by Gasteiger charge is 2.20. The molecular formula is C12H17N3O3. The van der Waals surface area contributed by atoms with Crippen LogP contribution < -0.4 is 15.4 Å². The Hall–Kier alpha value is -2.11. The van der Waals surface area contributed by atoms with Crippen molar-refractivity contribution < 1.29 is 14.3 Å². The predicted molar refractivity (Wildman–Crippen MR) is 67.3 cm³/mol. The van der Waals surface area contributed by atoms with Crippen LogP contribution in [0.1, 0.15) is 20.8 Å². The van der Waals surface area contributed by atoms with Gasteiger partial charge in [0.2, 0.25) is 5.88 Å². The summed E-state index contributed by atoms with van der Waals surface area (Å²) < 4.78 is 4.88. The molecule has 0 fully saturated rings. The number of methoxy groups -OCH3 is 1. The first-order chi connectivity index (χ1) is 8.31. The minimum atomic E-state index is -0.725. The summed E-state index contributed by atoms with van der Waals surface area (Å²) in [6.45, 7) is 5.40. The standard InChI is InChI=1S/C12H17N3O3/c1-12(2,3)15-11(17)10(16)14-8-5-6-9(18-4)13-7-8/h5-7H,1-4H3,(H,14,16)(H,15,17). The zero-order chi connectivity index (χ0) is 13.8. The number of nitrogens with one attached hydrogen (secondary N) is 2. The van der Waals surface area contributed by atoms with Crippen molar-refractivity contribution in [2.24, 2.45) is 0 Å². The summed E-state index contributed by atoms with van der Waals surface area (Å²) in [6, 6.07) is 3.20. The zero-order valence-electron chi connectivity index (χ0n) is 10.9. The van der Waals surface area contributed by atoms with Crippen molar-refractivity contribution in [2.75, 3.05) is 12.4 Å². The molecular weight excluding hydrogens is 234 g/mol. The number of hydrogen-bond acceptors (Lipinski definition) is 4. The number of carbonyl (C=O) groups is 2. The number of aromatic nitrogens is 1. The summed E-state index contributed by atoms with van der Waals surface area (Å²) in [6.07, 6.45) is 1.42. The van der Waals surface area contributed by atoms with Gasteiger partial charge in [-0.1, -0.05) is 0 Å². The van der Waals surface area contributed by atoms with Gasteiger partial charge in [0.1, 0.15) is 0 Å². The van der Waals surface area contributed by atoms with Gasteiger partial charge in [-0.05, 0) is 26.8 Å². The van der Waals surface area contributed by atoms with E-state index >= 15 is 0 Å². The van der Waals surface area contributed by atoms with Crippen LogP contribution in [0.15, 0.2) is 18.3 Å². The van der Waals surface area contributed by atoms with Crippen molar-refractivity contribution in [3.05, 3.63) is 18.3 Å². The number of anilines is 1. The molecule has 1 heterocycles.